The van der Waals surface area contributed by atoms with E-state index in [4.69, 9.17) is 0 Å². The first-order chi connectivity index (χ1) is 5.83. The molecule has 0 atom stereocenters. The molecule has 0 saturated heterocycles. The molecular weight excluding hydrogens is 220 g/mol. The maximum absolute atomic E-state index is 10.6. The van der Waals surface area contributed by atoms with E-state index in [1.165, 1.54) is 0 Å². The van der Waals surface area contributed by atoms with Crippen LogP contribution in [0.4, 0.5) is 0 Å². The molecule has 0 saturated carbocycles. The molecule has 1 N–H and O–H groups in total. The van der Waals surface area contributed by atoms with Gasteiger partial charge in [0, 0.05) is 10.9 Å². The number of nitrogens with zero attached hydrogens (tertiary/aromatic N) is 1. The largest absolute Gasteiger partial charge is 0.298 e. The van der Waals surface area contributed by atoms with Crippen LogP contribution in [0.5, 0.6) is 0 Å². The van der Waals surface area contributed by atoms with E-state index in [1.54, 1.807) is 12.1 Å². The first kappa shape index (κ1) is 7.49. The lowest BCUT2D eigenvalue weighted by Crippen LogP contribution is -1.79. The number of fused-ring (bicyclic) bond motifs is 1. The zero-order chi connectivity index (χ0) is 8.55. The number of aldehydes is 1. The van der Waals surface area contributed by atoms with Crippen molar-refractivity contribution in [2.24, 2.45) is 0 Å². The second-order valence-electron chi connectivity index (χ2n) is 2.40. The number of carbonyl (C=O) groups is 1. The van der Waals surface area contributed by atoms with Gasteiger partial charge in [-0.05, 0) is 22.0 Å². The summed E-state index contributed by atoms with van der Waals surface area (Å²) in [7, 11) is 0. The molecule has 1 heterocycles. The van der Waals surface area contributed by atoms with E-state index in [0.29, 0.717) is 5.56 Å². The predicted octanol–water partition coefficient (Wildman–Crippen LogP) is 2.14. The van der Waals surface area contributed by atoms with Crippen LogP contribution in [0, 0.1) is 0 Å². The summed E-state index contributed by atoms with van der Waals surface area (Å²) in [6.45, 7) is 0. The van der Waals surface area contributed by atoms with Crippen molar-refractivity contribution in [1.82, 2.24) is 10.2 Å². The lowest BCUT2D eigenvalue weighted by atomic mass is 10.1. The molecule has 0 aliphatic rings. The Balaban J connectivity index is 2.93. The number of hydrogen-bond donors (Lipinski definition) is 1. The molecule has 0 amide bonds. The molecule has 0 aliphatic carbocycles. The monoisotopic (exact) mass is 224 g/mol. The normalized spacial score (nSPS) is 10.4. The van der Waals surface area contributed by atoms with Crippen molar-refractivity contribution in [2.45, 2.75) is 0 Å². The maximum atomic E-state index is 10.6. The zero-order valence-electron chi connectivity index (χ0n) is 6.04. The maximum Gasteiger partial charge on any atom is 0.150 e. The van der Waals surface area contributed by atoms with Crippen LogP contribution in [0.25, 0.3) is 10.9 Å². The SMILES string of the molecule is O=Cc1cccc2n[nH]c(Br)c12. The second-order valence-corrected chi connectivity index (χ2v) is 3.19. The number of carbonyl (C=O) groups excluding carboxylic acids is 1. The van der Waals surface area contributed by atoms with E-state index in [9.17, 15) is 4.79 Å². The number of nitrogens with one attached hydrogen (secondary N) is 1. The van der Waals surface area contributed by atoms with Gasteiger partial charge in [-0.15, -0.1) is 0 Å². The standard InChI is InChI=1S/C8H5BrN2O/c9-8-7-5(4-12)2-1-3-6(7)10-11-8/h1-4H,(H,10,11). The van der Waals surface area contributed by atoms with Crippen LogP contribution in [-0.2, 0) is 0 Å². The van der Waals surface area contributed by atoms with Gasteiger partial charge in [-0.2, -0.15) is 5.10 Å². The van der Waals surface area contributed by atoms with Crippen molar-refractivity contribution in [3.63, 3.8) is 0 Å². The number of hydrogen-bond acceptors (Lipinski definition) is 2. The first-order valence-electron chi connectivity index (χ1n) is 3.40. The minimum Gasteiger partial charge on any atom is -0.298 e. The molecule has 12 heavy (non-hydrogen) atoms. The van der Waals surface area contributed by atoms with Crippen molar-refractivity contribution >= 4 is 33.1 Å². The summed E-state index contributed by atoms with van der Waals surface area (Å²) >= 11 is 3.28. The Morgan fingerprint density at radius 2 is 2.33 bits per heavy atom. The summed E-state index contributed by atoms with van der Waals surface area (Å²) < 4.78 is 0.750. The van der Waals surface area contributed by atoms with Crippen LogP contribution in [0.3, 0.4) is 0 Å². The minimum atomic E-state index is 0.646. The van der Waals surface area contributed by atoms with Crippen molar-refractivity contribution in [2.75, 3.05) is 0 Å². The van der Waals surface area contributed by atoms with Gasteiger partial charge in [0.2, 0.25) is 0 Å². The number of aromatic amines is 1. The number of H-pyrrole nitrogens is 1. The summed E-state index contributed by atoms with van der Waals surface area (Å²) in [4.78, 5) is 10.6. The first-order valence-corrected chi connectivity index (χ1v) is 4.20. The molecule has 0 bridgehead atoms. The van der Waals surface area contributed by atoms with E-state index < -0.39 is 0 Å². The van der Waals surface area contributed by atoms with Gasteiger partial charge in [0.1, 0.15) is 4.60 Å². The lowest BCUT2D eigenvalue weighted by Gasteiger charge is -1.91. The quantitative estimate of drug-likeness (QED) is 0.755. The predicted molar refractivity (Wildman–Crippen MR) is 49.2 cm³/mol. The Morgan fingerprint density at radius 1 is 1.50 bits per heavy atom. The molecule has 2 rings (SSSR count). The highest BCUT2D eigenvalue weighted by molar-refractivity contribution is 9.10. The van der Waals surface area contributed by atoms with Gasteiger partial charge in [-0.1, -0.05) is 12.1 Å². The fourth-order valence-corrected chi connectivity index (χ4v) is 1.67. The molecule has 3 nitrogen and oxygen atoms in total. The van der Waals surface area contributed by atoms with Crippen molar-refractivity contribution in [3.8, 4) is 0 Å². The topological polar surface area (TPSA) is 45.8 Å². The summed E-state index contributed by atoms with van der Waals surface area (Å²) in [5.41, 5.74) is 1.44. The molecule has 0 radical (unpaired) electrons. The number of rotatable bonds is 1. The van der Waals surface area contributed by atoms with Gasteiger partial charge >= 0.3 is 0 Å². The Kier molecular flexibility index (Phi) is 1.69. The lowest BCUT2D eigenvalue weighted by molar-refractivity contribution is 0.112. The molecule has 0 fully saturated rings. The average molecular weight is 225 g/mol. The van der Waals surface area contributed by atoms with Crippen LogP contribution in [0.15, 0.2) is 22.8 Å². The molecular formula is C8H5BrN2O. The highest BCUT2D eigenvalue weighted by Crippen LogP contribution is 2.23. The molecule has 1 aromatic heterocycles. The molecule has 0 aliphatic heterocycles. The summed E-state index contributed by atoms with van der Waals surface area (Å²) in [6.07, 6.45) is 0.822. The molecule has 60 valence electrons. The summed E-state index contributed by atoms with van der Waals surface area (Å²) in [5.74, 6) is 0. The average Bonchev–Trinajstić information content (AvgIpc) is 2.48. The van der Waals surface area contributed by atoms with E-state index in [-0.39, 0.29) is 0 Å². The number of aromatic nitrogens is 2. The highest BCUT2D eigenvalue weighted by atomic mass is 79.9. The van der Waals surface area contributed by atoms with Crippen LogP contribution >= 0.6 is 15.9 Å². The highest BCUT2D eigenvalue weighted by Gasteiger charge is 2.05. The van der Waals surface area contributed by atoms with Gasteiger partial charge in [-0.25, -0.2) is 0 Å². The van der Waals surface area contributed by atoms with Gasteiger partial charge in [-0.3, -0.25) is 9.89 Å². The molecule has 0 spiro atoms. The van der Waals surface area contributed by atoms with Gasteiger partial charge < -0.3 is 0 Å². The minimum absolute atomic E-state index is 0.646. The molecule has 4 heteroatoms. The van der Waals surface area contributed by atoms with E-state index in [0.717, 1.165) is 21.8 Å². The fourth-order valence-electron chi connectivity index (χ4n) is 1.15. The van der Waals surface area contributed by atoms with Crippen LogP contribution < -0.4 is 0 Å². The molecule has 1 aromatic carbocycles. The van der Waals surface area contributed by atoms with Gasteiger partial charge in [0.25, 0.3) is 0 Å². The van der Waals surface area contributed by atoms with E-state index in [2.05, 4.69) is 26.1 Å². The molecule has 2 aromatic rings. The van der Waals surface area contributed by atoms with Gasteiger partial charge in [0.15, 0.2) is 6.29 Å². The Bertz CT molecular complexity index is 436. The summed E-state index contributed by atoms with van der Waals surface area (Å²) in [5, 5.41) is 7.60. The Labute approximate surface area is 76.9 Å². The summed E-state index contributed by atoms with van der Waals surface area (Å²) in [6, 6.07) is 5.42. The Hall–Kier alpha value is -1.16. The number of benzene rings is 1. The zero-order valence-corrected chi connectivity index (χ0v) is 7.63. The fraction of sp³-hybridized carbons (Fsp3) is 0. The van der Waals surface area contributed by atoms with Crippen LogP contribution in [-0.4, -0.2) is 16.5 Å². The van der Waals surface area contributed by atoms with Crippen molar-refractivity contribution in [3.05, 3.63) is 28.4 Å². The van der Waals surface area contributed by atoms with Crippen LogP contribution in [0.2, 0.25) is 0 Å². The Morgan fingerprint density at radius 3 is 3.08 bits per heavy atom. The smallest absolute Gasteiger partial charge is 0.150 e. The van der Waals surface area contributed by atoms with Gasteiger partial charge in [0.05, 0.1) is 5.52 Å². The second kappa shape index (κ2) is 2.71. The van der Waals surface area contributed by atoms with Crippen molar-refractivity contribution < 1.29 is 4.79 Å². The van der Waals surface area contributed by atoms with Crippen molar-refractivity contribution in [1.29, 1.82) is 0 Å². The van der Waals surface area contributed by atoms with Crippen LogP contribution in [0.1, 0.15) is 10.4 Å². The van der Waals surface area contributed by atoms with E-state index >= 15 is 0 Å². The third-order valence-corrected chi connectivity index (χ3v) is 2.27. The third-order valence-electron chi connectivity index (χ3n) is 1.70. The number of halogens is 1. The molecule has 0 unspecified atom stereocenters. The van der Waals surface area contributed by atoms with E-state index in [1.807, 2.05) is 6.07 Å². The third kappa shape index (κ3) is 0.956.